The van der Waals surface area contributed by atoms with Crippen LogP contribution in [0.25, 0.3) is 0 Å². The second-order valence-corrected chi connectivity index (χ2v) is 12.9. The molecule has 3 aromatic carbocycles. The maximum absolute atomic E-state index is 13.8. The lowest BCUT2D eigenvalue weighted by molar-refractivity contribution is -0.141. The summed E-state index contributed by atoms with van der Waals surface area (Å²) in [6.45, 7) is 4.38. The number of sulfonamides is 1. The molecule has 0 aliphatic heterocycles. The van der Waals surface area contributed by atoms with E-state index in [0.717, 1.165) is 22.0 Å². The minimum absolute atomic E-state index is 0.0366. The molecular formula is C31H38BrN3O4S. The smallest absolute Gasteiger partial charge is 0.243 e. The molecule has 0 bridgehead atoms. The molecule has 2 atom stereocenters. The van der Waals surface area contributed by atoms with Gasteiger partial charge in [-0.25, -0.2) is 12.7 Å². The molecule has 0 fully saturated rings. The third kappa shape index (κ3) is 9.01. The van der Waals surface area contributed by atoms with Gasteiger partial charge in [-0.1, -0.05) is 83.5 Å². The number of hydrogen-bond acceptors (Lipinski definition) is 4. The summed E-state index contributed by atoms with van der Waals surface area (Å²) >= 11 is 3.50. The molecule has 40 heavy (non-hydrogen) atoms. The maximum Gasteiger partial charge on any atom is 0.243 e. The molecule has 0 radical (unpaired) electrons. The van der Waals surface area contributed by atoms with Crippen molar-refractivity contribution in [3.63, 3.8) is 0 Å². The largest absolute Gasteiger partial charge is 0.352 e. The van der Waals surface area contributed by atoms with Crippen LogP contribution in [-0.2, 0) is 32.6 Å². The number of benzene rings is 3. The van der Waals surface area contributed by atoms with Crippen LogP contribution >= 0.6 is 15.9 Å². The van der Waals surface area contributed by atoms with Crippen molar-refractivity contribution in [1.29, 1.82) is 0 Å². The first-order valence-electron chi connectivity index (χ1n) is 13.5. The lowest BCUT2D eigenvalue weighted by atomic mass is 10.0. The summed E-state index contributed by atoms with van der Waals surface area (Å²) in [6.07, 6.45) is 1.56. The molecule has 214 valence electrons. The molecule has 0 aliphatic rings. The quantitative estimate of drug-likeness (QED) is 0.259. The normalized spacial score (nSPS) is 13.0. The van der Waals surface area contributed by atoms with Gasteiger partial charge in [0, 0.05) is 43.5 Å². The molecule has 7 nitrogen and oxygen atoms in total. The van der Waals surface area contributed by atoms with Gasteiger partial charge in [-0.05, 0) is 55.2 Å². The molecule has 0 aliphatic carbocycles. The van der Waals surface area contributed by atoms with E-state index in [1.165, 1.54) is 11.4 Å². The van der Waals surface area contributed by atoms with Crippen molar-refractivity contribution in [2.75, 3.05) is 13.6 Å². The first kappa shape index (κ1) is 31.5. The number of amides is 2. The third-order valence-electron chi connectivity index (χ3n) is 6.83. The molecule has 3 aromatic rings. The topological polar surface area (TPSA) is 86.8 Å². The minimum Gasteiger partial charge on any atom is -0.352 e. The highest BCUT2D eigenvalue weighted by Gasteiger charge is 2.31. The highest BCUT2D eigenvalue weighted by Crippen LogP contribution is 2.20. The Bertz CT molecular complexity index is 1350. The van der Waals surface area contributed by atoms with Crippen LogP contribution < -0.4 is 5.32 Å². The predicted octanol–water partition coefficient (Wildman–Crippen LogP) is 5.40. The van der Waals surface area contributed by atoms with E-state index in [-0.39, 0.29) is 42.3 Å². The Morgan fingerprint density at radius 2 is 1.55 bits per heavy atom. The first-order valence-corrected chi connectivity index (χ1v) is 15.7. The van der Waals surface area contributed by atoms with Gasteiger partial charge in [0.25, 0.3) is 0 Å². The van der Waals surface area contributed by atoms with Crippen molar-refractivity contribution in [3.05, 3.63) is 101 Å². The van der Waals surface area contributed by atoms with E-state index in [1.54, 1.807) is 35.2 Å². The second-order valence-electron chi connectivity index (χ2n) is 9.92. The molecule has 0 saturated heterocycles. The number of carbonyl (C=O) groups excluding carboxylic acids is 2. The molecule has 0 aromatic heterocycles. The summed E-state index contributed by atoms with van der Waals surface area (Å²) < 4.78 is 28.0. The lowest BCUT2D eigenvalue weighted by Gasteiger charge is -2.32. The van der Waals surface area contributed by atoms with E-state index in [9.17, 15) is 18.0 Å². The van der Waals surface area contributed by atoms with Crippen molar-refractivity contribution in [2.24, 2.45) is 0 Å². The number of carbonyl (C=O) groups is 2. The summed E-state index contributed by atoms with van der Waals surface area (Å²) in [5.41, 5.74) is 1.84. The Morgan fingerprint density at radius 1 is 0.925 bits per heavy atom. The van der Waals surface area contributed by atoms with Crippen molar-refractivity contribution in [2.45, 2.75) is 63.1 Å². The van der Waals surface area contributed by atoms with Gasteiger partial charge < -0.3 is 10.2 Å². The lowest BCUT2D eigenvalue weighted by Crippen LogP contribution is -2.52. The van der Waals surface area contributed by atoms with Gasteiger partial charge in [0.05, 0.1) is 4.90 Å². The Morgan fingerprint density at radius 3 is 2.17 bits per heavy atom. The van der Waals surface area contributed by atoms with E-state index >= 15 is 0 Å². The van der Waals surface area contributed by atoms with Crippen LogP contribution in [-0.4, -0.2) is 55.1 Å². The Kier molecular flexibility index (Phi) is 11.9. The number of nitrogens with zero attached hydrogens (tertiary/aromatic N) is 2. The van der Waals surface area contributed by atoms with E-state index in [0.29, 0.717) is 12.8 Å². The molecule has 2 amide bonds. The molecule has 0 heterocycles. The van der Waals surface area contributed by atoms with Crippen LogP contribution in [0.15, 0.2) is 94.3 Å². The summed E-state index contributed by atoms with van der Waals surface area (Å²) in [6, 6.07) is 24.8. The summed E-state index contributed by atoms with van der Waals surface area (Å²) in [5, 5.41) is 3.07. The van der Waals surface area contributed by atoms with E-state index in [2.05, 4.69) is 21.2 Å². The Balaban J connectivity index is 1.83. The average molecular weight is 629 g/mol. The molecule has 0 unspecified atom stereocenters. The highest BCUT2D eigenvalue weighted by molar-refractivity contribution is 9.10. The van der Waals surface area contributed by atoms with E-state index in [4.69, 9.17) is 0 Å². The fourth-order valence-corrected chi connectivity index (χ4v) is 5.99. The van der Waals surface area contributed by atoms with Gasteiger partial charge in [-0.2, -0.15) is 0 Å². The predicted molar refractivity (Wildman–Crippen MR) is 162 cm³/mol. The zero-order valence-corrected chi connectivity index (χ0v) is 25.7. The standard InChI is InChI=1S/C31H38BrN3O4S/c1-4-24(2)33-31(37)29(22-25-13-7-5-8-14-25)35(23-26-15-11-16-27(32)21-26)30(36)19-12-20-34(3)40(38,39)28-17-9-6-10-18-28/h5-11,13-18,21,24,29H,4,12,19-20,22-23H2,1-3H3,(H,33,37)/t24-,29+/m1/s1. The second kappa shape index (κ2) is 15.1. The minimum atomic E-state index is -3.66. The van der Waals surface area contributed by atoms with Crippen molar-refractivity contribution in [3.8, 4) is 0 Å². The Hall–Kier alpha value is -3.01. The number of halogens is 1. The van der Waals surface area contributed by atoms with Gasteiger partial charge in [0.1, 0.15) is 6.04 Å². The van der Waals surface area contributed by atoms with E-state index < -0.39 is 16.1 Å². The molecule has 3 rings (SSSR count). The fraction of sp³-hybridized carbons (Fsp3) is 0.355. The molecule has 9 heteroatoms. The molecule has 1 N–H and O–H groups in total. The van der Waals surface area contributed by atoms with Gasteiger partial charge in [-0.3, -0.25) is 9.59 Å². The van der Waals surface area contributed by atoms with Crippen LogP contribution in [0.4, 0.5) is 0 Å². The number of rotatable bonds is 14. The van der Waals surface area contributed by atoms with Crippen molar-refractivity contribution < 1.29 is 18.0 Å². The average Bonchev–Trinajstić information content (AvgIpc) is 2.95. The van der Waals surface area contributed by atoms with Crippen molar-refractivity contribution in [1.82, 2.24) is 14.5 Å². The monoisotopic (exact) mass is 627 g/mol. The van der Waals surface area contributed by atoms with Gasteiger partial charge in [0.2, 0.25) is 21.8 Å². The summed E-state index contributed by atoms with van der Waals surface area (Å²) in [5.74, 6) is -0.406. The summed E-state index contributed by atoms with van der Waals surface area (Å²) in [4.78, 5) is 29.2. The number of nitrogens with one attached hydrogen (secondary N) is 1. The fourth-order valence-electron chi connectivity index (χ4n) is 4.32. The van der Waals surface area contributed by atoms with Crippen LogP contribution in [0.5, 0.6) is 0 Å². The molecular weight excluding hydrogens is 590 g/mol. The zero-order chi connectivity index (χ0) is 29.1. The third-order valence-corrected chi connectivity index (χ3v) is 9.19. The molecule has 0 saturated carbocycles. The zero-order valence-electron chi connectivity index (χ0n) is 23.3. The summed E-state index contributed by atoms with van der Waals surface area (Å²) in [7, 11) is -2.14. The van der Waals surface area contributed by atoms with Gasteiger partial charge in [-0.15, -0.1) is 0 Å². The SMILES string of the molecule is CC[C@@H](C)NC(=O)[C@H](Cc1ccccc1)N(Cc1cccc(Br)c1)C(=O)CCCN(C)S(=O)(=O)c1ccccc1. The van der Waals surface area contributed by atoms with Gasteiger partial charge >= 0.3 is 0 Å². The maximum atomic E-state index is 13.8. The Labute approximate surface area is 246 Å². The van der Waals surface area contributed by atoms with Gasteiger partial charge in [0.15, 0.2) is 0 Å². The van der Waals surface area contributed by atoms with E-state index in [1.807, 2.05) is 68.4 Å². The van der Waals surface area contributed by atoms with Crippen LogP contribution in [0.2, 0.25) is 0 Å². The van der Waals surface area contributed by atoms with Crippen LogP contribution in [0.1, 0.15) is 44.2 Å². The van der Waals surface area contributed by atoms with Crippen LogP contribution in [0, 0.1) is 0 Å². The van der Waals surface area contributed by atoms with Crippen LogP contribution in [0.3, 0.4) is 0 Å². The number of hydrogen-bond donors (Lipinski definition) is 1. The van der Waals surface area contributed by atoms with Crippen molar-refractivity contribution >= 4 is 37.8 Å². The first-order chi connectivity index (χ1) is 19.1. The molecule has 0 spiro atoms. The highest BCUT2D eigenvalue weighted by atomic mass is 79.9.